The molecule has 3 heteroatoms. The Morgan fingerprint density at radius 2 is 1.82 bits per heavy atom. The molecule has 0 atom stereocenters. The van der Waals surface area contributed by atoms with Gasteiger partial charge in [-0.25, -0.2) is 4.98 Å². The van der Waals surface area contributed by atoms with E-state index < -0.39 is 0 Å². The Kier molecular flexibility index (Phi) is 2.47. The van der Waals surface area contributed by atoms with E-state index in [9.17, 15) is 0 Å². The highest BCUT2D eigenvalue weighted by atomic mass is 127. The van der Waals surface area contributed by atoms with Gasteiger partial charge < -0.3 is 0 Å². The van der Waals surface area contributed by atoms with Gasteiger partial charge in [0.1, 0.15) is 3.70 Å². The van der Waals surface area contributed by atoms with E-state index in [1.165, 1.54) is 0 Å². The molecule has 0 aromatic carbocycles. The fraction of sp³-hybridized carbons (Fsp3) is 0.500. The monoisotopic (exact) mass is 262 g/mol. The van der Waals surface area contributed by atoms with Crippen molar-refractivity contribution in [3.05, 3.63) is 21.8 Å². The molecule has 0 N–H and O–H groups in total. The van der Waals surface area contributed by atoms with Gasteiger partial charge in [0.25, 0.3) is 0 Å². The molecule has 0 amide bonds. The highest BCUT2D eigenvalue weighted by molar-refractivity contribution is 14.1. The Balaban J connectivity index is 2.99. The van der Waals surface area contributed by atoms with Crippen LogP contribution >= 0.6 is 22.6 Å². The van der Waals surface area contributed by atoms with E-state index in [-0.39, 0.29) is 5.41 Å². The van der Waals surface area contributed by atoms with Crippen molar-refractivity contribution in [3.63, 3.8) is 0 Å². The Hall–Kier alpha value is -0.190. The molecule has 0 saturated heterocycles. The molecule has 0 aliphatic rings. The minimum absolute atomic E-state index is 0.108. The van der Waals surface area contributed by atoms with Gasteiger partial charge in [0, 0.05) is 5.41 Å². The third kappa shape index (κ3) is 2.39. The van der Waals surface area contributed by atoms with Crippen molar-refractivity contribution in [3.8, 4) is 0 Å². The van der Waals surface area contributed by atoms with Gasteiger partial charge in [-0.1, -0.05) is 20.8 Å². The molecule has 0 aliphatic carbocycles. The number of aromatic nitrogens is 2. The van der Waals surface area contributed by atoms with Crippen LogP contribution in [0.3, 0.4) is 0 Å². The van der Waals surface area contributed by atoms with Crippen LogP contribution in [0.4, 0.5) is 0 Å². The fourth-order valence-electron chi connectivity index (χ4n) is 0.700. The summed E-state index contributed by atoms with van der Waals surface area (Å²) in [5.41, 5.74) is 1.15. The van der Waals surface area contributed by atoms with Crippen molar-refractivity contribution in [1.82, 2.24) is 9.97 Å². The van der Waals surface area contributed by atoms with Crippen molar-refractivity contribution in [2.75, 3.05) is 0 Å². The number of hydrogen-bond acceptors (Lipinski definition) is 2. The summed E-state index contributed by atoms with van der Waals surface area (Å²) in [6, 6.07) is 0. The molecular formula is C8H11IN2. The molecule has 0 fully saturated rings. The highest BCUT2D eigenvalue weighted by Crippen LogP contribution is 2.18. The highest BCUT2D eigenvalue weighted by Gasteiger charge is 2.14. The molecule has 0 radical (unpaired) electrons. The molecule has 0 spiro atoms. The molecule has 0 unspecified atom stereocenters. The number of nitrogens with zero attached hydrogens (tertiary/aromatic N) is 2. The summed E-state index contributed by atoms with van der Waals surface area (Å²) in [7, 11) is 0. The standard InChI is InChI=1S/C8H11IN2/c1-8(2,3)6-4-11-7(9)5-10-6/h4-5H,1-3H3. The second-order valence-corrected chi connectivity index (χ2v) is 4.58. The van der Waals surface area contributed by atoms with E-state index in [1.54, 1.807) is 6.20 Å². The van der Waals surface area contributed by atoms with Crippen molar-refractivity contribution in [2.24, 2.45) is 0 Å². The maximum absolute atomic E-state index is 4.28. The number of rotatable bonds is 0. The summed E-state index contributed by atoms with van der Waals surface area (Å²) in [5.74, 6) is 0. The summed E-state index contributed by atoms with van der Waals surface area (Å²) in [6.45, 7) is 6.39. The first-order valence-corrected chi connectivity index (χ1v) is 4.56. The zero-order valence-corrected chi connectivity index (χ0v) is 9.08. The van der Waals surface area contributed by atoms with Crippen molar-refractivity contribution >= 4 is 22.6 Å². The number of halogens is 1. The minimum Gasteiger partial charge on any atom is -0.256 e. The third-order valence-corrected chi connectivity index (χ3v) is 1.95. The second-order valence-electron chi connectivity index (χ2n) is 3.47. The minimum atomic E-state index is 0.108. The Morgan fingerprint density at radius 1 is 1.18 bits per heavy atom. The molecule has 0 bridgehead atoms. The smallest absolute Gasteiger partial charge is 0.119 e. The molecule has 1 rings (SSSR count). The first-order valence-electron chi connectivity index (χ1n) is 3.48. The molecule has 11 heavy (non-hydrogen) atoms. The summed E-state index contributed by atoms with van der Waals surface area (Å²) in [6.07, 6.45) is 3.63. The van der Waals surface area contributed by atoms with Crippen LogP contribution in [0.1, 0.15) is 26.5 Å². The molecular weight excluding hydrogens is 251 g/mol. The summed E-state index contributed by atoms with van der Waals surface area (Å²) in [5, 5.41) is 0. The number of hydrogen-bond donors (Lipinski definition) is 0. The van der Waals surface area contributed by atoms with E-state index in [4.69, 9.17) is 0 Å². The Morgan fingerprint density at radius 3 is 2.18 bits per heavy atom. The first-order chi connectivity index (χ1) is 5.00. The quantitative estimate of drug-likeness (QED) is 0.671. The summed E-state index contributed by atoms with van der Waals surface area (Å²) >= 11 is 2.15. The molecule has 1 aromatic heterocycles. The zero-order valence-electron chi connectivity index (χ0n) is 6.93. The molecule has 0 saturated carbocycles. The normalized spacial score (nSPS) is 11.6. The van der Waals surface area contributed by atoms with Crippen LogP contribution < -0.4 is 0 Å². The van der Waals surface area contributed by atoms with Crippen LogP contribution in [-0.2, 0) is 5.41 Å². The maximum atomic E-state index is 4.28. The van der Waals surface area contributed by atoms with Crippen LogP contribution in [-0.4, -0.2) is 9.97 Å². The van der Waals surface area contributed by atoms with Gasteiger partial charge in [0.15, 0.2) is 0 Å². The SMILES string of the molecule is CC(C)(C)c1cnc(I)cn1. The molecule has 2 nitrogen and oxygen atoms in total. The molecule has 0 aliphatic heterocycles. The lowest BCUT2D eigenvalue weighted by Crippen LogP contribution is -2.13. The predicted octanol–water partition coefficient (Wildman–Crippen LogP) is 2.38. The van der Waals surface area contributed by atoms with Crippen molar-refractivity contribution in [2.45, 2.75) is 26.2 Å². The van der Waals surface area contributed by atoms with Crippen LogP contribution in [0.15, 0.2) is 12.4 Å². The average molecular weight is 262 g/mol. The van der Waals surface area contributed by atoms with Gasteiger partial charge in [-0.15, -0.1) is 0 Å². The predicted molar refractivity (Wildman–Crippen MR) is 53.4 cm³/mol. The van der Waals surface area contributed by atoms with Crippen molar-refractivity contribution in [1.29, 1.82) is 0 Å². The van der Waals surface area contributed by atoms with Crippen LogP contribution in [0.5, 0.6) is 0 Å². The lowest BCUT2D eigenvalue weighted by Gasteiger charge is -2.16. The van der Waals surface area contributed by atoms with E-state index in [0.717, 1.165) is 9.39 Å². The van der Waals surface area contributed by atoms with E-state index in [2.05, 4.69) is 53.3 Å². The first kappa shape index (κ1) is 8.90. The molecule has 1 heterocycles. The lowest BCUT2D eigenvalue weighted by atomic mass is 9.93. The van der Waals surface area contributed by atoms with Crippen LogP contribution in [0, 0.1) is 3.70 Å². The van der Waals surface area contributed by atoms with E-state index in [1.807, 2.05) is 6.20 Å². The molecule has 60 valence electrons. The zero-order chi connectivity index (χ0) is 8.48. The summed E-state index contributed by atoms with van der Waals surface area (Å²) < 4.78 is 0.940. The Labute approximate surface area is 80.6 Å². The van der Waals surface area contributed by atoms with Gasteiger partial charge >= 0.3 is 0 Å². The van der Waals surface area contributed by atoms with Crippen molar-refractivity contribution < 1.29 is 0 Å². The molecule has 1 aromatic rings. The van der Waals surface area contributed by atoms with Crippen LogP contribution in [0.2, 0.25) is 0 Å². The van der Waals surface area contributed by atoms with Crippen LogP contribution in [0.25, 0.3) is 0 Å². The van der Waals surface area contributed by atoms with Gasteiger partial charge in [0.05, 0.1) is 18.1 Å². The van der Waals surface area contributed by atoms with E-state index >= 15 is 0 Å². The lowest BCUT2D eigenvalue weighted by molar-refractivity contribution is 0.564. The maximum Gasteiger partial charge on any atom is 0.119 e. The third-order valence-electron chi connectivity index (χ3n) is 1.39. The summed E-state index contributed by atoms with van der Waals surface area (Å²) in [4.78, 5) is 8.45. The van der Waals surface area contributed by atoms with Gasteiger partial charge in [0.2, 0.25) is 0 Å². The fourth-order valence-corrected chi connectivity index (χ4v) is 0.978. The second kappa shape index (κ2) is 3.05. The topological polar surface area (TPSA) is 25.8 Å². The van der Waals surface area contributed by atoms with Gasteiger partial charge in [-0.2, -0.15) is 0 Å². The van der Waals surface area contributed by atoms with E-state index in [0.29, 0.717) is 0 Å². The Bertz CT molecular complexity index is 235. The average Bonchev–Trinajstić information content (AvgIpc) is 1.86. The largest absolute Gasteiger partial charge is 0.256 e. The van der Waals surface area contributed by atoms with Gasteiger partial charge in [-0.05, 0) is 22.6 Å². The van der Waals surface area contributed by atoms with Gasteiger partial charge in [-0.3, -0.25) is 4.98 Å².